The number of hydrogen-bond acceptors (Lipinski definition) is 1. The highest BCUT2D eigenvalue weighted by atomic mass is 14.8. The molecule has 2 aliphatic rings. The molecular weight excluding hydrogens is 134 g/mol. The molecule has 1 nitrogen and oxygen atoms in total. The first-order valence-corrected chi connectivity index (χ1v) is 4.32. The molecule has 0 aromatic rings. The predicted octanol–water partition coefficient (Wildman–Crippen LogP) is 2.35. The fourth-order valence-corrected chi connectivity index (χ4v) is 1.74. The van der Waals surface area contributed by atoms with Gasteiger partial charge in [0.15, 0.2) is 0 Å². The molecule has 0 saturated heterocycles. The molecule has 0 amide bonds. The Kier molecular flexibility index (Phi) is 1.89. The average Bonchev–Trinajstić information content (AvgIpc) is 2.28. The average molecular weight is 147 g/mol. The van der Waals surface area contributed by atoms with E-state index in [1.54, 1.807) is 0 Å². The van der Waals surface area contributed by atoms with Crippen molar-refractivity contribution < 1.29 is 0 Å². The van der Waals surface area contributed by atoms with Gasteiger partial charge in [-0.3, -0.25) is 4.99 Å². The summed E-state index contributed by atoms with van der Waals surface area (Å²) >= 11 is 0. The van der Waals surface area contributed by atoms with E-state index in [1.165, 1.54) is 6.42 Å². The van der Waals surface area contributed by atoms with Gasteiger partial charge in [-0.25, -0.2) is 0 Å². The maximum absolute atomic E-state index is 4.48. The molecule has 58 valence electrons. The zero-order valence-corrected chi connectivity index (χ0v) is 6.61. The van der Waals surface area contributed by atoms with Gasteiger partial charge in [0.05, 0.1) is 6.04 Å². The van der Waals surface area contributed by atoms with Gasteiger partial charge in [-0.05, 0) is 25.5 Å². The van der Waals surface area contributed by atoms with Crippen molar-refractivity contribution in [1.29, 1.82) is 0 Å². The highest BCUT2D eigenvalue weighted by Crippen LogP contribution is 2.24. The lowest BCUT2D eigenvalue weighted by Crippen LogP contribution is -2.19. The van der Waals surface area contributed by atoms with Crippen LogP contribution in [0, 0.1) is 5.92 Å². The molecule has 2 atom stereocenters. The molecule has 0 saturated carbocycles. The van der Waals surface area contributed by atoms with Crippen LogP contribution in [0.1, 0.15) is 19.3 Å². The van der Waals surface area contributed by atoms with Gasteiger partial charge in [-0.15, -0.1) is 0 Å². The summed E-state index contributed by atoms with van der Waals surface area (Å²) in [6.07, 6.45) is 14.4. The summed E-state index contributed by atoms with van der Waals surface area (Å²) in [4.78, 5) is 4.48. The summed E-state index contributed by atoms with van der Waals surface area (Å²) in [7, 11) is 0. The second-order valence-corrected chi connectivity index (χ2v) is 3.19. The van der Waals surface area contributed by atoms with Crippen molar-refractivity contribution in [3.05, 3.63) is 24.3 Å². The van der Waals surface area contributed by atoms with Gasteiger partial charge in [-0.1, -0.05) is 24.3 Å². The Bertz CT molecular complexity index is 213. The van der Waals surface area contributed by atoms with Crippen LogP contribution < -0.4 is 0 Å². The monoisotopic (exact) mass is 147 g/mol. The minimum atomic E-state index is 0.541. The van der Waals surface area contributed by atoms with Crippen LogP contribution in [0.4, 0.5) is 0 Å². The van der Waals surface area contributed by atoms with E-state index in [0.29, 0.717) is 12.0 Å². The van der Waals surface area contributed by atoms with Crippen LogP contribution >= 0.6 is 0 Å². The summed E-state index contributed by atoms with van der Waals surface area (Å²) in [6.45, 7) is 0. The Hall–Kier alpha value is -0.850. The van der Waals surface area contributed by atoms with Gasteiger partial charge in [0.25, 0.3) is 0 Å². The molecule has 1 heterocycles. The first-order valence-electron chi connectivity index (χ1n) is 4.32. The molecule has 1 aliphatic heterocycles. The van der Waals surface area contributed by atoms with Gasteiger partial charge in [0.1, 0.15) is 0 Å². The number of nitrogens with zero attached hydrogens (tertiary/aromatic N) is 1. The van der Waals surface area contributed by atoms with Gasteiger partial charge in [0.2, 0.25) is 0 Å². The van der Waals surface area contributed by atoms with Crippen molar-refractivity contribution in [3.63, 3.8) is 0 Å². The smallest absolute Gasteiger partial charge is 0.0592 e. The molecule has 1 heteroatoms. The van der Waals surface area contributed by atoms with Crippen LogP contribution in [0.15, 0.2) is 29.3 Å². The van der Waals surface area contributed by atoms with E-state index in [4.69, 9.17) is 0 Å². The van der Waals surface area contributed by atoms with Crippen LogP contribution in [-0.2, 0) is 0 Å². The second kappa shape index (κ2) is 3.04. The lowest BCUT2D eigenvalue weighted by Gasteiger charge is -2.21. The van der Waals surface area contributed by atoms with Crippen molar-refractivity contribution in [3.8, 4) is 0 Å². The number of fused-ring (bicyclic) bond motifs is 1. The molecule has 0 fully saturated rings. The predicted molar refractivity (Wildman–Crippen MR) is 47.9 cm³/mol. The van der Waals surface area contributed by atoms with E-state index in [-0.39, 0.29) is 0 Å². The molecule has 0 spiro atoms. The van der Waals surface area contributed by atoms with Gasteiger partial charge in [-0.2, -0.15) is 0 Å². The quantitative estimate of drug-likeness (QED) is 0.498. The number of rotatable bonds is 0. The fraction of sp³-hybridized carbons (Fsp3) is 0.500. The second-order valence-electron chi connectivity index (χ2n) is 3.19. The third kappa shape index (κ3) is 1.42. The summed E-state index contributed by atoms with van der Waals surface area (Å²) in [6, 6.07) is 0.541. The Morgan fingerprint density at radius 1 is 1.27 bits per heavy atom. The van der Waals surface area contributed by atoms with Crippen molar-refractivity contribution >= 4 is 6.21 Å². The number of hydrogen-bond donors (Lipinski definition) is 0. The SMILES string of the molecule is C1=CCC2N=CCCC2C=C1. The molecule has 11 heavy (non-hydrogen) atoms. The van der Waals surface area contributed by atoms with Crippen molar-refractivity contribution in [2.45, 2.75) is 25.3 Å². The van der Waals surface area contributed by atoms with E-state index in [1.807, 2.05) is 0 Å². The minimum Gasteiger partial charge on any atom is -0.293 e. The topological polar surface area (TPSA) is 12.4 Å². The van der Waals surface area contributed by atoms with Crippen molar-refractivity contribution in [2.75, 3.05) is 0 Å². The molecule has 2 unspecified atom stereocenters. The van der Waals surface area contributed by atoms with E-state index >= 15 is 0 Å². The van der Waals surface area contributed by atoms with Crippen LogP contribution in [0.3, 0.4) is 0 Å². The molecular formula is C10H13N. The van der Waals surface area contributed by atoms with Crippen LogP contribution in [0.2, 0.25) is 0 Å². The van der Waals surface area contributed by atoms with Crippen LogP contribution in [0.5, 0.6) is 0 Å². The van der Waals surface area contributed by atoms with E-state index < -0.39 is 0 Å². The third-order valence-corrected chi connectivity index (χ3v) is 2.40. The maximum atomic E-state index is 4.48. The Morgan fingerprint density at radius 3 is 3.27 bits per heavy atom. The summed E-state index contributed by atoms with van der Waals surface area (Å²) in [5, 5.41) is 0. The standard InChI is InChI=1S/C10H13N/c1-2-5-9-6-4-8-11-10(9)7-3-1/h1-3,5,8-10H,4,6-7H2. The Balaban J connectivity index is 2.17. The fourth-order valence-electron chi connectivity index (χ4n) is 1.74. The summed E-state index contributed by atoms with van der Waals surface area (Å²) in [5.74, 6) is 0.704. The molecule has 0 bridgehead atoms. The van der Waals surface area contributed by atoms with Gasteiger partial charge >= 0.3 is 0 Å². The molecule has 2 rings (SSSR count). The first kappa shape index (κ1) is 6.84. The number of allylic oxidation sites excluding steroid dienone is 2. The zero-order chi connectivity index (χ0) is 7.52. The van der Waals surface area contributed by atoms with Gasteiger partial charge in [0, 0.05) is 5.92 Å². The molecule has 0 aromatic carbocycles. The Labute approximate surface area is 67.5 Å². The Morgan fingerprint density at radius 2 is 2.27 bits per heavy atom. The van der Waals surface area contributed by atoms with Gasteiger partial charge < -0.3 is 0 Å². The minimum absolute atomic E-state index is 0.541. The summed E-state index contributed by atoms with van der Waals surface area (Å²) in [5.41, 5.74) is 0. The molecule has 1 aliphatic carbocycles. The zero-order valence-electron chi connectivity index (χ0n) is 6.61. The highest BCUT2D eigenvalue weighted by molar-refractivity contribution is 5.58. The normalized spacial score (nSPS) is 34.9. The molecule has 0 aromatic heterocycles. The molecule has 0 radical (unpaired) electrons. The summed E-state index contributed by atoms with van der Waals surface area (Å²) < 4.78 is 0. The largest absolute Gasteiger partial charge is 0.293 e. The highest BCUT2D eigenvalue weighted by Gasteiger charge is 2.19. The van der Waals surface area contributed by atoms with E-state index in [2.05, 4.69) is 35.5 Å². The maximum Gasteiger partial charge on any atom is 0.0592 e. The van der Waals surface area contributed by atoms with Crippen molar-refractivity contribution in [2.24, 2.45) is 10.9 Å². The lowest BCUT2D eigenvalue weighted by atomic mass is 9.91. The van der Waals surface area contributed by atoms with E-state index in [9.17, 15) is 0 Å². The van der Waals surface area contributed by atoms with Crippen molar-refractivity contribution in [1.82, 2.24) is 0 Å². The lowest BCUT2D eigenvalue weighted by molar-refractivity contribution is 0.469. The molecule has 0 N–H and O–H groups in total. The first-order chi connectivity index (χ1) is 5.47. The number of aliphatic imine (C=N–C) groups is 1. The van der Waals surface area contributed by atoms with E-state index in [0.717, 1.165) is 12.8 Å². The van der Waals surface area contributed by atoms with Crippen LogP contribution in [0.25, 0.3) is 0 Å². The third-order valence-electron chi connectivity index (χ3n) is 2.40. The van der Waals surface area contributed by atoms with Crippen LogP contribution in [-0.4, -0.2) is 12.3 Å².